The van der Waals surface area contributed by atoms with Gasteiger partial charge in [-0.05, 0) is 0 Å². The predicted molar refractivity (Wildman–Crippen MR) is 34.5 cm³/mol. The zero-order valence-corrected chi connectivity index (χ0v) is 7.73. The van der Waals surface area contributed by atoms with Gasteiger partial charge in [0.25, 0.3) is 0 Å². The Bertz CT molecular complexity index is 225. The number of carboxylic acids is 2. The van der Waals surface area contributed by atoms with Crippen molar-refractivity contribution in [2.45, 2.75) is 0 Å². The molecule has 0 spiro atoms. The number of rotatable bonds is 0. The summed E-state index contributed by atoms with van der Waals surface area (Å²) in [6, 6.07) is 0. The van der Waals surface area contributed by atoms with Crippen LogP contribution in [0.2, 0.25) is 0 Å². The van der Waals surface area contributed by atoms with Gasteiger partial charge in [-0.15, -0.1) is 0 Å². The van der Waals surface area contributed by atoms with Crippen LogP contribution in [0.3, 0.4) is 0 Å². The van der Waals surface area contributed by atoms with Crippen molar-refractivity contribution in [3.8, 4) is 0 Å². The third-order valence-corrected chi connectivity index (χ3v) is 0.183. The van der Waals surface area contributed by atoms with Gasteiger partial charge in [-0.2, -0.15) is 8.42 Å². The summed E-state index contributed by atoms with van der Waals surface area (Å²) in [5.41, 5.74) is 0. The Morgan fingerprint density at radius 2 is 1.00 bits per heavy atom. The number of carboxylic acid groups (broad SMARTS) is 2. The van der Waals surface area contributed by atoms with Crippen LogP contribution in [-0.4, -0.2) is 39.7 Å². The second-order valence-corrected chi connectivity index (χ2v) is 1.95. The van der Waals surface area contributed by atoms with Crippen LogP contribution >= 0.6 is 0 Å². The van der Waals surface area contributed by atoms with Gasteiger partial charge in [0.1, 0.15) is 0 Å². The van der Waals surface area contributed by atoms with E-state index < -0.39 is 22.3 Å². The van der Waals surface area contributed by atoms with Gasteiger partial charge < -0.3 is 16.4 Å². The van der Waals surface area contributed by atoms with Crippen molar-refractivity contribution in [1.82, 2.24) is 6.15 Å². The Kier molecular flexibility index (Phi) is 16.4. The second-order valence-electron chi connectivity index (χ2n) is 1.06. The fourth-order valence-electron chi connectivity index (χ4n) is 0. The molecule has 0 heterocycles. The van der Waals surface area contributed by atoms with Crippen molar-refractivity contribution in [1.29, 1.82) is 0 Å². The van der Waals surface area contributed by atoms with Gasteiger partial charge in [-0.3, -0.25) is 9.11 Å². The molecule has 0 aromatic heterocycles. The summed E-state index contributed by atoms with van der Waals surface area (Å²) in [6.45, 7) is 0. The first-order valence-electron chi connectivity index (χ1n) is 1.80. The van der Waals surface area contributed by atoms with Crippen molar-refractivity contribution in [2.24, 2.45) is 0 Å². The topological polar surface area (TPSA) is 184 Å². The molecule has 0 aliphatic carbocycles. The molecule has 0 unspecified atom stereocenters. The van der Waals surface area contributed by atoms with Gasteiger partial charge in [0.15, 0.2) is 0 Å². The van der Waals surface area contributed by atoms with E-state index in [0.29, 0.717) is 0 Å². The molecule has 0 aromatic rings. The fraction of sp³-hybridized carbons (Fsp3) is 0. The molecule has 0 aliphatic rings. The summed E-state index contributed by atoms with van der Waals surface area (Å²) in [6.07, 6.45) is 0. The minimum absolute atomic E-state index is 0. The first kappa shape index (κ1) is 22.8. The summed E-state index contributed by atoms with van der Waals surface area (Å²) in [5, 5.41) is 14.8. The van der Waals surface area contributed by atoms with E-state index in [1.807, 2.05) is 0 Å². The van der Waals surface area contributed by atoms with Crippen LogP contribution in [0.4, 0.5) is 0 Å². The summed E-state index contributed by atoms with van der Waals surface area (Å²) >= 11 is 0. The molecule has 7 N–H and O–H groups in total. The number of aliphatic carboxylic acids is 2. The van der Waals surface area contributed by atoms with Crippen molar-refractivity contribution >= 4 is 22.3 Å². The zero-order chi connectivity index (χ0) is 9.65. The fourth-order valence-corrected chi connectivity index (χ4v) is 0. The van der Waals surface area contributed by atoms with Gasteiger partial charge in [-0.1, -0.05) is 0 Å². The van der Waals surface area contributed by atoms with Crippen LogP contribution in [0.5, 0.6) is 0 Å². The Balaban J connectivity index is -0.0000000546. The molecule has 83 valence electrons. The molecule has 9 nitrogen and oxygen atoms in total. The van der Waals surface area contributed by atoms with E-state index in [4.69, 9.17) is 37.3 Å². The number of hydrogen-bond acceptors (Lipinski definition) is 5. The maximum Gasteiger partial charge on any atom is 0.414 e. The van der Waals surface area contributed by atoms with E-state index in [9.17, 15) is 0 Å². The monoisotopic (exact) mass is 264 g/mol. The molecule has 13 heavy (non-hydrogen) atoms. The van der Waals surface area contributed by atoms with E-state index in [1.54, 1.807) is 0 Å². The molecule has 0 aliphatic heterocycles. The standard InChI is InChI=1S/C2H2O4.Co.H3N.H2O4S/c3-1(4)2(5)6;;;1-5(2,3)4/h(H,3,4)(H,5,6);;1H3;(H2,1,2,3,4). The van der Waals surface area contributed by atoms with Crippen LogP contribution in [0.1, 0.15) is 0 Å². The van der Waals surface area contributed by atoms with E-state index in [2.05, 4.69) is 0 Å². The minimum atomic E-state index is -4.67. The molecular formula is C2H7CoNO8S. The first-order valence-corrected chi connectivity index (χ1v) is 3.20. The number of carbonyl (C=O) groups is 2. The van der Waals surface area contributed by atoms with E-state index in [0.717, 1.165) is 0 Å². The van der Waals surface area contributed by atoms with Crippen LogP contribution in [-0.2, 0) is 36.8 Å². The Morgan fingerprint density at radius 3 is 1.00 bits per heavy atom. The Hall–Kier alpha value is -0.724. The van der Waals surface area contributed by atoms with Crippen LogP contribution in [0.15, 0.2) is 0 Å². The molecule has 0 saturated carbocycles. The molecule has 0 amide bonds. The van der Waals surface area contributed by atoms with Gasteiger partial charge >= 0.3 is 22.3 Å². The van der Waals surface area contributed by atoms with Crippen molar-refractivity contribution < 1.29 is 54.1 Å². The summed E-state index contributed by atoms with van der Waals surface area (Å²) in [7, 11) is -4.67. The average Bonchev–Trinajstić information content (AvgIpc) is 1.59. The average molecular weight is 264 g/mol. The molecule has 1 radical (unpaired) electrons. The van der Waals surface area contributed by atoms with Crippen LogP contribution in [0.25, 0.3) is 0 Å². The van der Waals surface area contributed by atoms with Crippen LogP contribution in [0, 0.1) is 0 Å². The molecule has 0 atom stereocenters. The maximum atomic E-state index is 9.10. The quantitative estimate of drug-likeness (QED) is 0.261. The molecule has 0 bridgehead atoms. The molecule has 0 fully saturated rings. The smallest absolute Gasteiger partial charge is 0.414 e. The largest absolute Gasteiger partial charge is 0.473 e. The van der Waals surface area contributed by atoms with Gasteiger partial charge in [0, 0.05) is 16.8 Å². The van der Waals surface area contributed by atoms with Gasteiger partial charge in [-0.25, -0.2) is 9.59 Å². The molecule has 0 aromatic carbocycles. The molecule has 0 saturated heterocycles. The summed E-state index contributed by atoms with van der Waals surface area (Å²) in [5.74, 6) is -3.65. The normalized spacial score (nSPS) is 7.85. The SMILES string of the molecule is N.O=C(O)C(=O)O.O=S(=O)(O)O.[Co]. The maximum absolute atomic E-state index is 9.10. The third kappa shape index (κ3) is 90.4. The van der Waals surface area contributed by atoms with E-state index >= 15 is 0 Å². The van der Waals surface area contributed by atoms with Gasteiger partial charge in [0.2, 0.25) is 0 Å². The molecule has 11 heteroatoms. The first-order chi connectivity index (χ1) is 4.64. The van der Waals surface area contributed by atoms with Crippen molar-refractivity contribution in [2.75, 3.05) is 0 Å². The van der Waals surface area contributed by atoms with Crippen molar-refractivity contribution in [3.63, 3.8) is 0 Å². The van der Waals surface area contributed by atoms with Crippen molar-refractivity contribution in [3.05, 3.63) is 0 Å². The summed E-state index contributed by atoms with van der Waals surface area (Å²) < 4.78 is 31.6. The Labute approximate surface area is 83.1 Å². The number of hydrogen-bond donors (Lipinski definition) is 5. The van der Waals surface area contributed by atoms with Crippen LogP contribution < -0.4 is 6.15 Å². The molecular weight excluding hydrogens is 257 g/mol. The minimum Gasteiger partial charge on any atom is -0.473 e. The zero-order valence-electron chi connectivity index (χ0n) is 5.87. The summed E-state index contributed by atoms with van der Waals surface area (Å²) in [4.78, 5) is 18.2. The van der Waals surface area contributed by atoms with E-state index in [-0.39, 0.29) is 22.9 Å². The molecule has 0 rings (SSSR count). The van der Waals surface area contributed by atoms with Gasteiger partial charge in [0.05, 0.1) is 0 Å². The second kappa shape index (κ2) is 9.37. The van der Waals surface area contributed by atoms with E-state index in [1.165, 1.54) is 0 Å². The Morgan fingerprint density at radius 1 is 0.923 bits per heavy atom. The predicted octanol–water partition coefficient (Wildman–Crippen LogP) is -1.34. The third-order valence-electron chi connectivity index (χ3n) is 0.183.